The molecule has 1 heterocycles. The van der Waals surface area contributed by atoms with Crippen molar-refractivity contribution in [3.05, 3.63) is 29.3 Å². The number of ether oxygens (including phenoxy) is 1. The molecule has 0 aliphatic rings. The molecule has 110 valence electrons. The predicted molar refractivity (Wildman–Crippen MR) is 84.8 cm³/mol. The van der Waals surface area contributed by atoms with Crippen LogP contribution in [-0.2, 0) is 11.2 Å². The van der Waals surface area contributed by atoms with E-state index in [1.54, 1.807) is 11.3 Å². The summed E-state index contributed by atoms with van der Waals surface area (Å²) < 4.78 is 7.04. The molecule has 1 aromatic heterocycles. The van der Waals surface area contributed by atoms with Crippen molar-refractivity contribution in [1.82, 2.24) is 10.4 Å². The van der Waals surface area contributed by atoms with Gasteiger partial charge in [-0.25, -0.2) is 4.98 Å². The zero-order valence-corrected chi connectivity index (χ0v) is 13.0. The van der Waals surface area contributed by atoms with Crippen molar-refractivity contribution in [3.8, 4) is 0 Å². The van der Waals surface area contributed by atoms with Gasteiger partial charge in [-0.1, -0.05) is 25.5 Å². The maximum Gasteiger partial charge on any atom is 0.0955 e. The summed E-state index contributed by atoms with van der Waals surface area (Å²) in [6, 6.07) is 8.32. The molecule has 0 bridgehead atoms. The van der Waals surface area contributed by atoms with Crippen molar-refractivity contribution in [2.75, 3.05) is 6.61 Å². The van der Waals surface area contributed by atoms with E-state index < -0.39 is 0 Å². The Kier molecular flexibility index (Phi) is 5.91. The Labute approximate surface area is 124 Å². The topological polar surface area (TPSA) is 60.2 Å². The van der Waals surface area contributed by atoms with E-state index >= 15 is 0 Å². The number of nitrogens with zero attached hydrogens (tertiary/aromatic N) is 1. The number of benzene rings is 1. The molecule has 0 radical (unpaired) electrons. The van der Waals surface area contributed by atoms with E-state index in [1.165, 1.54) is 4.70 Å². The lowest BCUT2D eigenvalue weighted by Crippen LogP contribution is -2.46. The summed E-state index contributed by atoms with van der Waals surface area (Å²) >= 11 is 1.73. The molecule has 2 atom stereocenters. The number of thiazole rings is 1. The molecule has 0 saturated heterocycles. The normalized spacial score (nSPS) is 14.6. The van der Waals surface area contributed by atoms with Crippen LogP contribution >= 0.6 is 11.3 Å². The van der Waals surface area contributed by atoms with Gasteiger partial charge in [0.2, 0.25) is 0 Å². The summed E-state index contributed by atoms with van der Waals surface area (Å²) in [4.78, 5) is 4.67. The Morgan fingerprint density at radius 1 is 1.35 bits per heavy atom. The van der Waals surface area contributed by atoms with Gasteiger partial charge in [0.15, 0.2) is 0 Å². The molecule has 0 fully saturated rings. The number of para-hydroxylation sites is 1. The molecule has 20 heavy (non-hydrogen) atoms. The van der Waals surface area contributed by atoms with Gasteiger partial charge in [0, 0.05) is 13.0 Å². The zero-order valence-electron chi connectivity index (χ0n) is 12.1. The highest BCUT2D eigenvalue weighted by atomic mass is 32.1. The van der Waals surface area contributed by atoms with Gasteiger partial charge >= 0.3 is 0 Å². The fourth-order valence-electron chi connectivity index (χ4n) is 2.39. The van der Waals surface area contributed by atoms with E-state index in [0.29, 0.717) is 6.61 Å². The second kappa shape index (κ2) is 7.69. The fraction of sp³-hybridized carbons (Fsp3) is 0.533. The molecule has 0 saturated carbocycles. The monoisotopic (exact) mass is 293 g/mol. The zero-order chi connectivity index (χ0) is 14.4. The number of rotatable bonds is 8. The maximum absolute atomic E-state index is 5.82. The van der Waals surface area contributed by atoms with E-state index in [9.17, 15) is 0 Å². The summed E-state index contributed by atoms with van der Waals surface area (Å²) in [6.07, 6.45) is 3.04. The van der Waals surface area contributed by atoms with Crippen molar-refractivity contribution in [1.29, 1.82) is 0 Å². The lowest BCUT2D eigenvalue weighted by atomic mass is 10.0. The Hall–Kier alpha value is -1.01. The van der Waals surface area contributed by atoms with Crippen molar-refractivity contribution in [2.45, 2.75) is 45.3 Å². The highest BCUT2D eigenvalue weighted by molar-refractivity contribution is 7.18. The maximum atomic E-state index is 5.82. The average Bonchev–Trinajstić information content (AvgIpc) is 2.87. The summed E-state index contributed by atoms with van der Waals surface area (Å²) in [5.74, 6) is 5.72. The SMILES string of the molecule is CCCC(OCC)C(Cc1nc2ccccc2s1)NN. The number of hydrogen-bond donors (Lipinski definition) is 2. The lowest BCUT2D eigenvalue weighted by Gasteiger charge is -2.25. The molecule has 1 aromatic carbocycles. The fourth-order valence-corrected chi connectivity index (χ4v) is 3.42. The number of hydrazine groups is 1. The van der Waals surface area contributed by atoms with E-state index in [1.807, 2.05) is 25.1 Å². The van der Waals surface area contributed by atoms with Crippen LogP contribution in [-0.4, -0.2) is 23.7 Å². The first-order valence-corrected chi connectivity index (χ1v) is 8.02. The van der Waals surface area contributed by atoms with Crippen molar-refractivity contribution in [3.63, 3.8) is 0 Å². The minimum absolute atomic E-state index is 0.107. The van der Waals surface area contributed by atoms with Crippen LogP contribution in [0.25, 0.3) is 10.2 Å². The smallest absolute Gasteiger partial charge is 0.0955 e. The second-order valence-corrected chi connectivity index (χ2v) is 5.95. The molecule has 0 aliphatic heterocycles. The van der Waals surface area contributed by atoms with Crippen molar-refractivity contribution < 1.29 is 4.74 Å². The van der Waals surface area contributed by atoms with Gasteiger partial charge in [0.1, 0.15) is 0 Å². The molecule has 2 unspecified atom stereocenters. The highest BCUT2D eigenvalue weighted by Gasteiger charge is 2.21. The van der Waals surface area contributed by atoms with Crippen LogP contribution in [0.15, 0.2) is 24.3 Å². The van der Waals surface area contributed by atoms with Crippen LogP contribution in [0.5, 0.6) is 0 Å². The van der Waals surface area contributed by atoms with Gasteiger partial charge in [-0.15, -0.1) is 11.3 Å². The molecule has 5 heteroatoms. The van der Waals surface area contributed by atoms with E-state index in [2.05, 4.69) is 23.4 Å². The molecule has 2 aromatic rings. The van der Waals surface area contributed by atoms with Gasteiger partial charge < -0.3 is 4.74 Å². The third-order valence-electron chi connectivity index (χ3n) is 3.35. The Balaban J connectivity index is 2.11. The molecule has 0 amide bonds. The average molecular weight is 293 g/mol. The minimum atomic E-state index is 0.107. The number of fused-ring (bicyclic) bond motifs is 1. The Morgan fingerprint density at radius 3 is 2.80 bits per heavy atom. The van der Waals surface area contributed by atoms with Crippen LogP contribution < -0.4 is 11.3 Å². The van der Waals surface area contributed by atoms with E-state index in [4.69, 9.17) is 10.6 Å². The van der Waals surface area contributed by atoms with Gasteiger partial charge in [-0.2, -0.15) is 0 Å². The molecular formula is C15H23N3OS. The number of hydrogen-bond acceptors (Lipinski definition) is 5. The van der Waals surface area contributed by atoms with Crippen LogP contribution in [0.3, 0.4) is 0 Å². The minimum Gasteiger partial charge on any atom is -0.377 e. The van der Waals surface area contributed by atoms with Crippen LogP contribution in [0.4, 0.5) is 0 Å². The summed E-state index contributed by atoms with van der Waals surface area (Å²) in [7, 11) is 0. The molecular weight excluding hydrogens is 270 g/mol. The van der Waals surface area contributed by atoms with Gasteiger partial charge in [-0.05, 0) is 25.5 Å². The van der Waals surface area contributed by atoms with Gasteiger partial charge in [-0.3, -0.25) is 11.3 Å². The molecule has 2 rings (SSSR count). The highest BCUT2D eigenvalue weighted by Crippen LogP contribution is 2.23. The second-order valence-electron chi connectivity index (χ2n) is 4.84. The standard InChI is InChI=1S/C15H23N3OS/c1-3-7-13(19-4-2)12(18-16)10-15-17-11-8-5-6-9-14(11)20-15/h5-6,8-9,12-13,18H,3-4,7,10,16H2,1-2H3. The summed E-state index contributed by atoms with van der Waals surface area (Å²) in [5, 5.41) is 1.11. The Morgan fingerprint density at radius 2 is 2.15 bits per heavy atom. The lowest BCUT2D eigenvalue weighted by molar-refractivity contribution is 0.0281. The van der Waals surface area contributed by atoms with Crippen LogP contribution in [0.2, 0.25) is 0 Å². The van der Waals surface area contributed by atoms with E-state index in [0.717, 1.165) is 29.8 Å². The number of aromatic nitrogens is 1. The van der Waals surface area contributed by atoms with Gasteiger partial charge in [0.25, 0.3) is 0 Å². The molecule has 0 spiro atoms. The van der Waals surface area contributed by atoms with E-state index in [-0.39, 0.29) is 12.1 Å². The van der Waals surface area contributed by atoms with Crippen LogP contribution in [0.1, 0.15) is 31.7 Å². The quantitative estimate of drug-likeness (QED) is 0.580. The molecule has 3 N–H and O–H groups in total. The third-order valence-corrected chi connectivity index (χ3v) is 4.41. The first-order chi connectivity index (χ1) is 9.78. The predicted octanol–water partition coefficient (Wildman–Crippen LogP) is 2.88. The first-order valence-electron chi connectivity index (χ1n) is 7.20. The van der Waals surface area contributed by atoms with Gasteiger partial charge in [0.05, 0.1) is 27.4 Å². The number of nitrogens with two attached hydrogens (primary N) is 1. The summed E-state index contributed by atoms with van der Waals surface area (Å²) in [6.45, 7) is 4.90. The third kappa shape index (κ3) is 3.76. The largest absolute Gasteiger partial charge is 0.377 e. The van der Waals surface area contributed by atoms with Crippen LogP contribution in [0, 0.1) is 0 Å². The van der Waals surface area contributed by atoms with Crippen molar-refractivity contribution in [2.24, 2.45) is 5.84 Å². The van der Waals surface area contributed by atoms with Crippen molar-refractivity contribution >= 4 is 21.6 Å². The Bertz CT molecular complexity index is 490. The summed E-state index contributed by atoms with van der Waals surface area (Å²) in [5.41, 5.74) is 3.97. The molecule has 4 nitrogen and oxygen atoms in total. The first kappa shape index (κ1) is 15.4. The number of nitrogens with one attached hydrogen (secondary N) is 1. The molecule has 0 aliphatic carbocycles.